The lowest BCUT2D eigenvalue weighted by atomic mass is 10.0. The third-order valence-electron chi connectivity index (χ3n) is 3.68. The summed E-state index contributed by atoms with van der Waals surface area (Å²) >= 11 is 0. The van der Waals surface area contributed by atoms with Crippen LogP contribution in [0.3, 0.4) is 0 Å². The van der Waals surface area contributed by atoms with Crippen molar-refractivity contribution in [2.75, 3.05) is 6.54 Å². The van der Waals surface area contributed by atoms with Crippen molar-refractivity contribution in [1.29, 1.82) is 0 Å². The second kappa shape index (κ2) is 13.4. The summed E-state index contributed by atoms with van der Waals surface area (Å²) in [5, 5.41) is 3.53. The predicted molar refractivity (Wildman–Crippen MR) is 84.1 cm³/mol. The first-order valence-electron chi connectivity index (χ1n) is 8.40. The van der Waals surface area contributed by atoms with E-state index in [1.54, 1.807) is 0 Å². The zero-order chi connectivity index (χ0) is 13.6. The van der Waals surface area contributed by atoms with Gasteiger partial charge in [-0.15, -0.1) is 0 Å². The Kier molecular flexibility index (Phi) is 13.4. The lowest BCUT2D eigenvalue weighted by Gasteiger charge is -2.14. The van der Waals surface area contributed by atoms with Gasteiger partial charge in [0, 0.05) is 6.04 Å². The molecule has 0 spiro atoms. The molecular weight excluding hydrogens is 218 g/mol. The second-order valence-electron chi connectivity index (χ2n) is 6.29. The summed E-state index contributed by atoms with van der Waals surface area (Å²) in [6, 6.07) is 0.635. The Bertz CT molecular complexity index is 154. The quantitative estimate of drug-likeness (QED) is 0.426. The molecule has 1 nitrogen and oxygen atoms in total. The fourth-order valence-corrected chi connectivity index (χ4v) is 2.34. The van der Waals surface area contributed by atoms with Crippen molar-refractivity contribution in [3.8, 4) is 0 Å². The summed E-state index contributed by atoms with van der Waals surface area (Å²) < 4.78 is 0. The molecule has 0 aliphatic heterocycles. The van der Waals surface area contributed by atoms with E-state index in [1.807, 2.05) is 0 Å². The molecule has 110 valence electrons. The zero-order valence-corrected chi connectivity index (χ0v) is 13.4. The van der Waals surface area contributed by atoms with Crippen molar-refractivity contribution in [3.63, 3.8) is 0 Å². The molecule has 0 rings (SSSR count). The van der Waals surface area contributed by atoms with Gasteiger partial charge in [0.25, 0.3) is 0 Å². The highest BCUT2D eigenvalue weighted by molar-refractivity contribution is 4.60. The van der Waals surface area contributed by atoms with E-state index >= 15 is 0 Å². The van der Waals surface area contributed by atoms with Gasteiger partial charge in [-0.05, 0) is 18.9 Å². The Morgan fingerprint density at radius 3 is 1.72 bits per heavy atom. The van der Waals surface area contributed by atoms with Crippen LogP contribution in [0.25, 0.3) is 0 Å². The highest BCUT2D eigenvalue weighted by atomic mass is 14.9. The second-order valence-corrected chi connectivity index (χ2v) is 6.29. The van der Waals surface area contributed by atoms with Crippen molar-refractivity contribution in [3.05, 3.63) is 0 Å². The average Bonchev–Trinajstić information content (AvgIpc) is 2.34. The molecule has 1 N–H and O–H groups in total. The van der Waals surface area contributed by atoms with Gasteiger partial charge in [0.05, 0.1) is 0 Å². The maximum atomic E-state index is 3.53. The molecular formula is C17H37N. The topological polar surface area (TPSA) is 12.0 Å². The molecule has 0 amide bonds. The van der Waals surface area contributed by atoms with Gasteiger partial charge in [-0.1, -0.05) is 85.5 Å². The van der Waals surface area contributed by atoms with Crippen molar-refractivity contribution in [2.45, 2.75) is 97.9 Å². The molecule has 0 saturated heterocycles. The van der Waals surface area contributed by atoms with E-state index in [0.29, 0.717) is 6.04 Å². The summed E-state index contributed by atoms with van der Waals surface area (Å²) in [5.74, 6) is 0.844. The molecule has 0 saturated carbocycles. The lowest BCUT2D eigenvalue weighted by molar-refractivity contribution is 0.431. The van der Waals surface area contributed by atoms with E-state index in [1.165, 1.54) is 70.8 Å². The normalized spacial score (nSPS) is 13.2. The Balaban J connectivity index is 3.10. The van der Waals surface area contributed by atoms with E-state index in [0.717, 1.165) is 5.92 Å². The Labute approximate surface area is 116 Å². The number of hydrogen-bond acceptors (Lipinski definition) is 1. The molecule has 0 aliphatic rings. The predicted octanol–water partition coefficient (Wildman–Crippen LogP) is 5.54. The van der Waals surface area contributed by atoms with E-state index < -0.39 is 0 Å². The molecule has 0 fully saturated rings. The van der Waals surface area contributed by atoms with E-state index in [-0.39, 0.29) is 0 Å². The largest absolute Gasteiger partial charge is 0.314 e. The molecule has 0 radical (unpaired) electrons. The summed E-state index contributed by atoms with van der Waals surface area (Å²) in [7, 11) is 0. The minimum Gasteiger partial charge on any atom is -0.314 e. The van der Waals surface area contributed by atoms with Gasteiger partial charge in [0.1, 0.15) is 0 Å². The van der Waals surface area contributed by atoms with Gasteiger partial charge in [-0.2, -0.15) is 0 Å². The summed E-state index contributed by atoms with van der Waals surface area (Å²) in [6.45, 7) is 10.3. The number of rotatable bonds is 13. The van der Waals surface area contributed by atoms with Crippen LogP contribution in [0.2, 0.25) is 0 Å². The van der Waals surface area contributed by atoms with Crippen LogP contribution in [0.1, 0.15) is 91.9 Å². The molecule has 0 heterocycles. The van der Waals surface area contributed by atoms with E-state index in [4.69, 9.17) is 0 Å². The maximum Gasteiger partial charge on any atom is 0.00104 e. The van der Waals surface area contributed by atoms with Gasteiger partial charge in [-0.3, -0.25) is 0 Å². The molecule has 1 heteroatoms. The first-order valence-corrected chi connectivity index (χ1v) is 8.40. The SMILES string of the molecule is CCCCCCCCCCCC(C)CNC(C)C. The van der Waals surface area contributed by atoms with E-state index in [9.17, 15) is 0 Å². The highest BCUT2D eigenvalue weighted by Crippen LogP contribution is 2.13. The molecule has 18 heavy (non-hydrogen) atoms. The van der Waals surface area contributed by atoms with Crippen LogP contribution in [0, 0.1) is 5.92 Å². The van der Waals surface area contributed by atoms with Gasteiger partial charge in [0.2, 0.25) is 0 Å². The van der Waals surface area contributed by atoms with Crippen molar-refractivity contribution in [2.24, 2.45) is 5.92 Å². The van der Waals surface area contributed by atoms with Crippen molar-refractivity contribution < 1.29 is 0 Å². The summed E-state index contributed by atoms with van der Waals surface area (Å²) in [4.78, 5) is 0. The van der Waals surface area contributed by atoms with Crippen LogP contribution in [0.15, 0.2) is 0 Å². The third-order valence-corrected chi connectivity index (χ3v) is 3.68. The lowest BCUT2D eigenvalue weighted by Crippen LogP contribution is -2.27. The molecule has 1 unspecified atom stereocenters. The Morgan fingerprint density at radius 2 is 1.22 bits per heavy atom. The molecule has 0 aromatic carbocycles. The Morgan fingerprint density at radius 1 is 0.722 bits per heavy atom. The minimum atomic E-state index is 0.635. The number of nitrogens with one attached hydrogen (secondary N) is 1. The fraction of sp³-hybridized carbons (Fsp3) is 1.00. The molecule has 0 aromatic rings. The Hall–Kier alpha value is -0.0400. The minimum absolute atomic E-state index is 0.635. The van der Waals surface area contributed by atoms with Gasteiger partial charge in [-0.25, -0.2) is 0 Å². The monoisotopic (exact) mass is 255 g/mol. The van der Waals surface area contributed by atoms with Gasteiger partial charge < -0.3 is 5.32 Å². The van der Waals surface area contributed by atoms with Gasteiger partial charge >= 0.3 is 0 Å². The van der Waals surface area contributed by atoms with Crippen LogP contribution in [-0.2, 0) is 0 Å². The standard InChI is InChI=1S/C17H37N/c1-5-6-7-8-9-10-11-12-13-14-17(4)15-18-16(2)3/h16-18H,5-15H2,1-4H3. The molecule has 0 aromatic heterocycles. The number of hydrogen-bond donors (Lipinski definition) is 1. The van der Waals surface area contributed by atoms with Crippen molar-refractivity contribution >= 4 is 0 Å². The maximum absolute atomic E-state index is 3.53. The zero-order valence-electron chi connectivity index (χ0n) is 13.4. The molecule has 0 bridgehead atoms. The van der Waals surface area contributed by atoms with Crippen LogP contribution >= 0.6 is 0 Å². The van der Waals surface area contributed by atoms with Crippen LogP contribution in [0.4, 0.5) is 0 Å². The third kappa shape index (κ3) is 14.0. The molecule has 1 atom stereocenters. The van der Waals surface area contributed by atoms with Gasteiger partial charge in [0.15, 0.2) is 0 Å². The summed E-state index contributed by atoms with van der Waals surface area (Å²) in [5.41, 5.74) is 0. The summed E-state index contributed by atoms with van der Waals surface area (Å²) in [6.07, 6.45) is 14.4. The highest BCUT2D eigenvalue weighted by Gasteiger charge is 2.02. The number of unbranched alkanes of at least 4 members (excludes halogenated alkanes) is 8. The van der Waals surface area contributed by atoms with Crippen molar-refractivity contribution in [1.82, 2.24) is 5.32 Å². The smallest absolute Gasteiger partial charge is 0.00104 e. The first kappa shape index (κ1) is 18.0. The fourth-order valence-electron chi connectivity index (χ4n) is 2.34. The van der Waals surface area contributed by atoms with Crippen LogP contribution in [-0.4, -0.2) is 12.6 Å². The average molecular weight is 255 g/mol. The first-order chi connectivity index (χ1) is 8.66. The molecule has 0 aliphatic carbocycles. The van der Waals surface area contributed by atoms with Crippen LogP contribution in [0.5, 0.6) is 0 Å². The van der Waals surface area contributed by atoms with E-state index in [2.05, 4.69) is 33.0 Å². The van der Waals surface area contributed by atoms with Crippen LogP contribution < -0.4 is 5.32 Å².